The van der Waals surface area contributed by atoms with Gasteiger partial charge < -0.3 is 10.6 Å². The van der Waals surface area contributed by atoms with Crippen molar-refractivity contribution in [3.63, 3.8) is 0 Å². The smallest absolute Gasteiger partial charge is 0.315 e. The summed E-state index contributed by atoms with van der Waals surface area (Å²) in [5, 5.41) is 5.26. The highest BCUT2D eigenvalue weighted by Gasteiger charge is 2.13. The van der Waals surface area contributed by atoms with Crippen LogP contribution in [0.2, 0.25) is 0 Å². The Hall–Kier alpha value is -1.70. The maximum absolute atomic E-state index is 13.2. The number of benzene rings is 1. The molecule has 0 aliphatic rings. The van der Waals surface area contributed by atoms with Gasteiger partial charge in [0.05, 0.1) is 5.75 Å². The van der Waals surface area contributed by atoms with Gasteiger partial charge in [0.15, 0.2) is 11.6 Å². The van der Waals surface area contributed by atoms with Gasteiger partial charge in [0.1, 0.15) is 9.84 Å². The molecule has 0 fully saturated rings. The first kappa shape index (κ1) is 19.3. The molecular weight excluding hydrogens is 326 g/mol. The Labute approximate surface area is 135 Å². The van der Waals surface area contributed by atoms with Gasteiger partial charge in [-0.1, -0.05) is 13.0 Å². The number of hydrogen-bond donors (Lipinski definition) is 2. The predicted molar refractivity (Wildman–Crippen MR) is 85.1 cm³/mol. The van der Waals surface area contributed by atoms with E-state index in [1.165, 1.54) is 6.07 Å². The van der Waals surface area contributed by atoms with Gasteiger partial charge in [-0.25, -0.2) is 22.0 Å². The van der Waals surface area contributed by atoms with E-state index in [1.807, 2.05) is 0 Å². The Bertz CT molecular complexity index is 650. The van der Waals surface area contributed by atoms with E-state index in [-0.39, 0.29) is 24.3 Å². The molecule has 2 atom stereocenters. The van der Waals surface area contributed by atoms with E-state index in [9.17, 15) is 22.0 Å². The lowest BCUT2D eigenvalue weighted by Crippen LogP contribution is -2.42. The summed E-state index contributed by atoms with van der Waals surface area (Å²) >= 11 is 0. The van der Waals surface area contributed by atoms with Crippen molar-refractivity contribution in [1.29, 1.82) is 0 Å². The fourth-order valence-electron chi connectivity index (χ4n) is 1.92. The number of amides is 2. The maximum atomic E-state index is 13.2. The van der Waals surface area contributed by atoms with Crippen molar-refractivity contribution in [3.8, 4) is 0 Å². The molecule has 1 aromatic rings. The second-order valence-electron chi connectivity index (χ2n) is 5.75. The number of halogens is 2. The monoisotopic (exact) mass is 348 g/mol. The zero-order valence-electron chi connectivity index (χ0n) is 13.4. The van der Waals surface area contributed by atoms with Crippen LogP contribution in [0.5, 0.6) is 0 Å². The molecule has 1 rings (SSSR count). The van der Waals surface area contributed by atoms with Crippen molar-refractivity contribution in [2.45, 2.75) is 32.2 Å². The van der Waals surface area contributed by atoms with Crippen molar-refractivity contribution in [2.24, 2.45) is 0 Å². The molecule has 0 aliphatic carbocycles. The van der Waals surface area contributed by atoms with Crippen molar-refractivity contribution in [2.75, 3.05) is 18.6 Å². The minimum atomic E-state index is -3.06. The SMILES string of the molecule is C[C@@H](CCS(C)(=O)=O)NC(=O)NC[C@H](C)c1ccc(F)c(F)c1. The first-order chi connectivity index (χ1) is 10.6. The quantitative estimate of drug-likeness (QED) is 0.793. The molecule has 2 N–H and O–H groups in total. The molecular formula is C15H22F2N2O3S. The number of sulfone groups is 1. The van der Waals surface area contributed by atoms with Crippen LogP contribution in [0.15, 0.2) is 18.2 Å². The van der Waals surface area contributed by atoms with E-state index < -0.39 is 27.5 Å². The third-order valence-corrected chi connectivity index (χ3v) is 4.36. The summed E-state index contributed by atoms with van der Waals surface area (Å²) < 4.78 is 48.2. The summed E-state index contributed by atoms with van der Waals surface area (Å²) in [4.78, 5) is 11.7. The average molecular weight is 348 g/mol. The number of urea groups is 1. The summed E-state index contributed by atoms with van der Waals surface area (Å²) in [7, 11) is -3.06. The zero-order chi connectivity index (χ0) is 17.6. The number of hydrogen-bond acceptors (Lipinski definition) is 3. The second kappa shape index (κ2) is 8.24. The van der Waals surface area contributed by atoms with Crippen LogP contribution in [-0.4, -0.2) is 39.0 Å². The molecule has 0 radical (unpaired) electrons. The summed E-state index contributed by atoms with van der Waals surface area (Å²) in [5.41, 5.74) is 0.578. The van der Waals surface area contributed by atoms with Gasteiger partial charge in [-0.05, 0) is 37.0 Å². The van der Waals surface area contributed by atoms with Crippen LogP contribution in [0, 0.1) is 11.6 Å². The largest absolute Gasteiger partial charge is 0.338 e. The average Bonchev–Trinajstić information content (AvgIpc) is 2.45. The molecule has 2 amide bonds. The minimum absolute atomic E-state index is 0.000292. The van der Waals surface area contributed by atoms with Crippen LogP contribution >= 0.6 is 0 Å². The molecule has 0 aromatic heterocycles. The van der Waals surface area contributed by atoms with Crippen LogP contribution in [0.1, 0.15) is 31.7 Å². The van der Waals surface area contributed by atoms with Gasteiger partial charge in [0.25, 0.3) is 0 Å². The summed E-state index contributed by atoms with van der Waals surface area (Å²) in [5.74, 6) is -2.03. The van der Waals surface area contributed by atoms with Gasteiger partial charge in [-0.3, -0.25) is 0 Å². The fraction of sp³-hybridized carbons (Fsp3) is 0.533. The van der Waals surface area contributed by atoms with Crippen molar-refractivity contribution in [1.82, 2.24) is 10.6 Å². The standard InChI is InChI=1S/C15H22F2N2O3S/c1-10(12-4-5-13(16)14(17)8-12)9-18-15(20)19-11(2)6-7-23(3,21)22/h4-5,8,10-11H,6-7,9H2,1-3H3,(H2,18,19,20)/t10-,11-/m0/s1. The van der Waals surface area contributed by atoms with Crippen molar-refractivity contribution < 1.29 is 22.0 Å². The van der Waals surface area contributed by atoms with E-state index in [4.69, 9.17) is 0 Å². The zero-order valence-corrected chi connectivity index (χ0v) is 14.2. The van der Waals surface area contributed by atoms with E-state index in [1.54, 1.807) is 13.8 Å². The fourth-order valence-corrected chi connectivity index (χ4v) is 2.70. The van der Waals surface area contributed by atoms with Crippen molar-refractivity contribution in [3.05, 3.63) is 35.4 Å². The Kier molecular flexibility index (Phi) is 6.93. The van der Waals surface area contributed by atoms with Crippen LogP contribution in [-0.2, 0) is 9.84 Å². The number of carbonyl (C=O) groups excluding carboxylic acids is 1. The molecule has 23 heavy (non-hydrogen) atoms. The van der Waals surface area contributed by atoms with Gasteiger partial charge in [0, 0.05) is 18.8 Å². The number of nitrogens with one attached hydrogen (secondary N) is 2. The van der Waals surface area contributed by atoms with Crippen LogP contribution in [0.3, 0.4) is 0 Å². The highest BCUT2D eigenvalue weighted by atomic mass is 32.2. The Morgan fingerprint density at radius 3 is 2.43 bits per heavy atom. The molecule has 5 nitrogen and oxygen atoms in total. The molecule has 130 valence electrons. The molecule has 1 aromatic carbocycles. The number of rotatable bonds is 7. The molecule has 0 saturated heterocycles. The normalized spacial score (nSPS) is 14.1. The highest BCUT2D eigenvalue weighted by molar-refractivity contribution is 7.90. The van der Waals surface area contributed by atoms with E-state index in [2.05, 4.69) is 10.6 Å². The lowest BCUT2D eigenvalue weighted by atomic mass is 10.0. The van der Waals surface area contributed by atoms with Gasteiger partial charge in [0.2, 0.25) is 0 Å². The first-order valence-electron chi connectivity index (χ1n) is 7.25. The van der Waals surface area contributed by atoms with Gasteiger partial charge >= 0.3 is 6.03 Å². The maximum Gasteiger partial charge on any atom is 0.315 e. The lowest BCUT2D eigenvalue weighted by molar-refractivity contribution is 0.237. The molecule has 0 aliphatic heterocycles. The Morgan fingerprint density at radius 1 is 1.22 bits per heavy atom. The third kappa shape index (κ3) is 7.40. The minimum Gasteiger partial charge on any atom is -0.338 e. The Morgan fingerprint density at radius 2 is 1.87 bits per heavy atom. The third-order valence-electron chi connectivity index (χ3n) is 3.38. The van der Waals surface area contributed by atoms with E-state index >= 15 is 0 Å². The van der Waals surface area contributed by atoms with Crippen LogP contribution in [0.25, 0.3) is 0 Å². The first-order valence-corrected chi connectivity index (χ1v) is 9.31. The molecule has 0 bridgehead atoms. The van der Waals surface area contributed by atoms with Gasteiger partial charge in [-0.15, -0.1) is 0 Å². The Balaban J connectivity index is 2.41. The molecule has 0 unspecified atom stereocenters. The lowest BCUT2D eigenvalue weighted by Gasteiger charge is -2.17. The molecule has 0 saturated carbocycles. The topological polar surface area (TPSA) is 75.3 Å². The molecule has 0 heterocycles. The summed E-state index contributed by atoms with van der Waals surface area (Å²) in [6.07, 6.45) is 1.47. The molecule has 0 spiro atoms. The number of carbonyl (C=O) groups is 1. The predicted octanol–water partition coefficient (Wildman–Crippen LogP) is 2.19. The van der Waals surface area contributed by atoms with Gasteiger partial charge in [-0.2, -0.15) is 0 Å². The van der Waals surface area contributed by atoms with Crippen LogP contribution in [0.4, 0.5) is 13.6 Å². The summed E-state index contributed by atoms with van der Waals surface area (Å²) in [6, 6.07) is 2.91. The second-order valence-corrected chi connectivity index (χ2v) is 8.01. The van der Waals surface area contributed by atoms with E-state index in [0.29, 0.717) is 12.0 Å². The highest BCUT2D eigenvalue weighted by Crippen LogP contribution is 2.17. The van der Waals surface area contributed by atoms with E-state index in [0.717, 1.165) is 18.4 Å². The van der Waals surface area contributed by atoms with Crippen LogP contribution < -0.4 is 10.6 Å². The van der Waals surface area contributed by atoms with Crippen molar-refractivity contribution >= 4 is 15.9 Å². The molecule has 8 heteroatoms. The summed E-state index contributed by atoms with van der Waals surface area (Å²) in [6.45, 7) is 3.74.